The third kappa shape index (κ3) is 5.23. The van der Waals surface area contributed by atoms with E-state index in [9.17, 15) is 0 Å². The number of ether oxygens (including phenoxy) is 1. The molecule has 1 spiro atoms. The summed E-state index contributed by atoms with van der Waals surface area (Å²) >= 11 is 2.08. The monoisotopic (exact) mass is 522 g/mol. The number of pyridine rings is 1. The van der Waals surface area contributed by atoms with Crippen LogP contribution in [0.2, 0.25) is 0 Å². The Kier molecular flexibility index (Phi) is 6.80. The number of piperidine rings is 1. The number of aromatic nitrogens is 3. The van der Waals surface area contributed by atoms with E-state index < -0.39 is 0 Å². The van der Waals surface area contributed by atoms with E-state index in [1.54, 1.807) is 7.11 Å². The van der Waals surface area contributed by atoms with Crippen molar-refractivity contribution in [1.29, 1.82) is 0 Å². The molecule has 0 unspecified atom stereocenters. The molecule has 4 heterocycles. The van der Waals surface area contributed by atoms with E-state index >= 15 is 0 Å². The van der Waals surface area contributed by atoms with Gasteiger partial charge in [0, 0.05) is 80.7 Å². The molecule has 2 aliphatic heterocycles. The first-order chi connectivity index (χ1) is 18.2. The molecule has 0 aromatic carbocycles. The van der Waals surface area contributed by atoms with E-state index in [0.29, 0.717) is 23.3 Å². The normalized spacial score (nSPS) is 25.2. The lowest BCUT2D eigenvalue weighted by Gasteiger charge is -2.59. The molecule has 3 saturated carbocycles. The Morgan fingerprint density at radius 2 is 1.86 bits per heavy atom. The number of anilines is 1. The van der Waals surface area contributed by atoms with Crippen LogP contribution in [0.1, 0.15) is 81.0 Å². The van der Waals surface area contributed by atoms with Crippen molar-refractivity contribution in [2.75, 3.05) is 57.5 Å². The van der Waals surface area contributed by atoms with Crippen molar-refractivity contribution in [2.45, 2.75) is 75.7 Å². The van der Waals surface area contributed by atoms with Crippen LogP contribution >= 0.6 is 11.9 Å². The van der Waals surface area contributed by atoms with Crippen LogP contribution in [0.25, 0.3) is 10.9 Å². The first-order valence-electron chi connectivity index (χ1n) is 14.7. The molecule has 0 bridgehead atoms. The van der Waals surface area contributed by atoms with Gasteiger partial charge in [0.2, 0.25) is 5.95 Å². The van der Waals surface area contributed by atoms with Gasteiger partial charge < -0.3 is 10.1 Å². The van der Waals surface area contributed by atoms with Crippen LogP contribution < -0.4 is 5.32 Å². The number of nitrogens with one attached hydrogen (secondary N) is 1. The smallest absolute Gasteiger partial charge is 0.223 e. The van der Waals surface area contributed by atoms with Gasteiger partial charge in [-0.1, -0.05) is 18.4 Å². The summed E-state index contributed by atoms with van der Waals surface area (Å²) in [6, 6.07) is 2.72. The van der Waals surface area contributed by atoms with E-state index in [0.717, 1.165) is 56.5 Å². The van der Waals surface area contributed by atoms with E-state index in [4.69, 9.17) is 19.7 Å². The molecule has 1 N–H and O–H groups in total. The number of hydrogen-bond donors (Lipinski definition) is 1. The zero-order valence-electron chi connectivity index (χ0n) is 22.3. The summed E-state index contributed by atoms with van der Waals surface area (Å²) in [5, 5.41) is 4.87. The summed E-state index contributed by atoms with van der Waals surface area (Å²) in [4.78, 5) is 17.7. The van der Waals surface area contributed by atoms with Crippen LogP contribution in [-0.2, 0) is 4.74 Å². The largest absolute Gasteiger partial charge is 0.383 e. The average molecular weight is 523 g/mol. The minimum atomic E-state index is 0.459. The van der Waals surface area contributed by atoms with Crippen molar-refractivity contribution in [1.82, 2.24) is 24.2 Å². The highest BCUT2D eigenvalue weighted by Gasteiger charge is 2.53. The molecule has 2 aromatic heterocycles. The quantitative estimate of drug-likeness (QED) is 0.435. The molecule has 8 heteroatoms. The summed E-state index contributed by atoms with van der Waals surface area (Å²) in [5.41, 5.74) is 4.11. The van der Waals surface area contributed by atoms with Gasteiger partial charge in [-0.3, -0.25) is 14.2 Å². The van der Waals surface area contributed by atoms with Crippen molar-refractivity contribution in [2.24, 2.45) is 11.3 Å². The van der Waals surface area contributed by atoms with Crippen LogP contribution in [0.15, 0.2) is 12.3 Å². The SMILES string of the molecule is COCCN1CC2(CC(c3nc(C4CC4)cc4cnc(NC5CCN(SCC6CCC6)CC5)nc34)C2)C1. The molecule has 7 nitrogen and oxygen atoms in total. The lowest BCUT2D eigenvalue weighted by Crippen LogP contribution is -2.62. The summed E-state index contributed by atoms with van der Waals surface area (Å²) in [7, 11) is 1.79. The Bertz CT molecular complexity index is 1100. The number of rotatable bonds is 10. The maximum atomic E-state index is 5.27. The molecule has 37 heavy (non-hydrogen) atoms. The highest BCUT2D eigenvalue weighted by molar-refractivity contribution is 7.97. The second-order valence-corrected chi connectivity index (χ2v) is 13.7. The first-order valence-corrected chi connectivity index (χ1v) is 15.6. The highest BCUT2D eigenvalue weighted by Crippen LogP contribution is 2.56. The molecule has 3 aliphatic carbocycles. The van der Waals surface area contributed by atoms with Gasteiger partial charge in [-0.05, 0) is 68.8 Å². The van der Waals surface area contributed by atoms with E-state index in [1.807, 2.05) is 0 Å². The number of nitrogens with zero attached hydrogens (tertiary/aromatic N) is 5. The van der Waals surface area contributed by atoms with Gasteiger partial charge in [-0.25, -0.2) is 9.97 Å². The lowest BCUT2D eigenvalue weighted by atomic mass is 9.56. The predicted molar refractivity (Wildman–Crippen MR) is 150 cm³/mol. The molecule has 2 aromatic rings. The average Bonchev–Trinajstić information content (AvgIpc) is 3.68. The van der Waals surface area contributed by atoms with Gasteiger partial charge in [-0.15, -0.1) is 0 Å². The Labute approximate surface area is 225 Å². The second kappa shape index (κ2) is 10.2. The molecule has 0 amide bonds. The predicted octanol–water partition coefficient (Wildman–Crippen LogP) is 5.05. The van der Waals surface area contributed by atoms with Gasteiger partial charge in [-0.2, -0.15) is 0 Å². The molecule has 200 valence electrons. The number of likely N-dealkylation sites (tertiary alicyclic amines) is 1. The fourth-order valence-corrected chi connectivity index (χ4v) is 8.15. The summed E-state index contributed by atoms with van der Waals surface area (Å²) in [6.07, 6.45) is 13.7. The highest BCUT2D eigenvalue weighted by atomic mass is 32.2. The van der Waals surface area contributed by atoms with Crippen molar-refractivity contribution in [3.8, 4) is 0 Å². The van der Waals surface area contributed by atoms with Gasteiger partial charge in [0.05, 0.1) is 17.8 Å². The summed E-state index contributed by atoms with van der Waals surface area (Å²) < 4.78 is 7.86. The van der Waals surface area contributed by atoms with Crippen LogP contribution in [-0.4, -0.2) is 82.4 Å². The lowest BCUT2D eigenvalue weighted by molar-refractivity contribution is -0.0799. The molecule has 5 aliphatic rings. The van der Waals surface area contributed by atoms with Crippen LogP contribution in [0.5, 0.6) is 0 Å². The summed E-state index contributed by atoms with van der Waals surface area (Å²) in [5.74, 6) is 4.26. The summed E-state index contributed by atoms with van der Waals surface area (Å²) in [6.45, 7) is 6.64. The van der Waals surface area contributed by atoms with Crippen molar-refractivity contribution < 1.29 is 4.74 Å². The molecule has 2 saturated heterocycles. The fourth-order valence-electron chi connectivity index (χ4n) is 6.93. The molecule has 0 atom stereocenters. The Morgan fingerprint density at radius 3 is 2.57 bits per heavy atom. The van der Waals surface area contributed by atoms with E-state index in [2.05, 4.69) is 38.7 Å². The van der Waals surface area contributed by atoms with Crippen LogP contribution in [0.3, 0.4) is 0 Å². The first kappa shape index (κ1) is 24.6. The Balaban J connectivity index is 1.01. The van der Waals surface area contributed by atoms with Gasteiger partial charge in [0.15, 0.2) is 0 Å². The number of hydrogen-bond acceptors (Lipinski definition) is 8. The molecular weight excluding hydrogens is 480 g/mol. The maximum Gasteiger partial charge on any atom is 0.223 e. The van der Waals surface area contributed by atoms with E-state index in [1.165, 1.54) is 80.6 Å². The van der Waals surface area contributed by atoms with Crippen molar-refractivity contribution in [3.05, 3.63) is 23.7 Å². The fraction of sp³-hybridized carbons (Fsp3) is 0.759. The molecule has 7 rings (SSSR count). The topological polar surface area (TPSA) is 66.4 Å². The minimum absolute atomic E-state index is 0.459. The van der Waals surface area contributed by atoms with Gasteiger partial charge in [0.25, 0.3) is 0 Å². The third-order valence-corrected chi connectivity index (χ3v) is 10.9. The van der Waals surface area contributed by atoms with Crippen LogP contribution in [0.4, 0.5) is 5.95 Å². The minimum Gasteiger partial charge on any atom is -0.383 e. The molecule has 5 fully saturated rings. The van der Waals surface area contributed by atoms with E-state index in [-0.39, 0.29) is 0 Å². The standard InChI is InChI=1S/C29H42N6OS/c1-36-12-11-34-18-29(19-34)14-23(15-29)27-26-22(13-25(32-27)21-5-6-21)16-30-28(33-26)31-24-7-9-35(10-8-24)37-17-20-3-2-4-20/h13,16,20-21,23-24H,2-12,14-15,17-19H2,1H3,(H,30,31,33). The van der Waals surface area contributed by atoms with Crippen molar-refractivity contribution >= 4 is 28.8 Å². The third-order valence-electron chi connectivity index (χ3n) is 9.59. The maximum absolute atomic E-state index is 5.27. The van der Waals surface area contributed by atoms with Gasteiger partial charge >= 0.3 is 0 Å². The second-order valence-electron chi connectivity index (χ2n) is 12.6. The zero-order valence-corrected chi connectivity index (χ0v) is 23.1. The Hall–Kier alpha value is -1.48. The Morgan fingerprint density at radius 1 is 1.05 bits per heavy atom. The van der Waals surface area contributed by atoms with Crippen LogP contribution in [0, 0.1) is 11.3 Å². The zero-order chi connectivity index (χ0) is 24.8. The van der Waals surface area contributed by atoms with Gasteiger partial charge in [0.1, 0.15) is 0 Å². The number of methoxy groups -OCH3 is 1. The molecular formula is C29H42N6OS. The molecule has 0 radical (unpaired) electrons. The number of fused-ring (bicyclic) bond motifs is 1. The van der Waals surface area contributed by atoms with Crippen molar-refractivity contribution in [3.63, 3.8) is 0 Å².